The molecule has 150 valence electrons. The Balaban J connectivity index is 1.41. The molecular weight excluding hydrogens is 368 g/mol. The first-order chi connectivity index (χ1) is 14.1. The summed E-state index contributed by atoms with van der Waals surface area (Å²) in [5, 5.41) is 5.96. The van der Waals surface area contributed by atoms with Gasteiger partial charge in [0.25, 0.3) is 5.91 Å². The summed E-state index contributed by atoms with van der Waals surface area (Å²) in [4.78, 5) is 20.6. The largest absolute Gasteiger partial charge is 0.497 e. The molecule has 0 aliphatic rings. The Labute approximate surface area is 170 Å². The summed E-state index contributed by atoms with van der Waals surface area (Å²) < 4.78 is 10.8. The van der Waals surface area contributed by atoms with Gasteiger partial charge in [-0.15, -0.1) is 0 Å². The molecule has 0 spiro atoms. The zero-order valence-corrected chi connectivity index (χ0v) is 16.5. The number of nitrogens with zero attached hydrogens (tertiary/aromatic N) is 2. The number of hydrogen-bond donors (Lipinski definition) is 2. The first kappa shape index (κ1) is 20.1. The number of nitrogens with one attached hydrogen (secondary N) is 2. The van der Waals surface area contributed by atoms with Gasteiger partial charge < -0.3 is 20.1 Å². The molecule has 1 aromatic heterocycles. The van der Waals surface area contributed by atoms with Crippen LogP contribution in [0.2, 0.25) is 0 Å². The average Bonchev–Trinajstić information content (AvgIpc) is 2.76. The van der Waals surface area contributed by atoms with Crippen LogP contribution in [0.4, 0.5) is 5.82 Å². The molecule has 3 aromatic rings. The molecule has 0 radical (unpaired) electrons. The number of anilines is 1. The second-order valence-corrected chi connectivity index (χ2v) is 6.41. The van der Waals surface area contributed by atoms with Crippen LogP contribution in [-0.2, 0) is 6.54 Å². The molecule has 0 saturated carbocycles. The van der Waals surface area contributed by atoms with Crippen LogP contribution in [0.25, 0.3) is 0 Å². The van der Waals surface area contributed by atoms with Crippen molar-refractivity contribution in [3.63, 3.8) is 0 Å². The van der Waals surface area contributed by atoms with Crippen molar-refractivity contribution in [3.8, 4) is 11.5 Å². The van der Waals surface area contributed by atoms with Gasteiger partial charge in [0.2, 0.25) is 0 Å². The van der Waals surface area contributed by atoms with Crippen molar-refractivity contribution in [1.29, 1.82) is 0 Å². The second-order valence-electron chi connectivity index (χ2n) is 6.41. The second kappa shape index (κ2) is 10.1. The van der Waals surface area contributed by atoms with E-state index in [0.717, 1.165) is 22.6 Å². The molecule has 3 rings (SSSR count). The van der Waals surface area contributed by atoms with Gasteiger partial charge in [0.1, 0.15) is 29.6 Å². The highest BCUT2D eigenvalue weighted by Crippen LogP contribution is 2.16. The zero-order chi connectivity index (χ0) is 20.5. The normalized spacial score (nSPS) is 10.3. The summed E-state index contributed by atoms with van der Waals surface area (Å²) in [7, 11) is 1.62. The van der Waals surface area contributed by atoms with Crippen LogP contribution in [0.1, 0.15) is 21.6 Å². The van der Waals surface area contributed by atoms with Crippen LogP contribution in [0.5, 0.6) is 11.5 Å². The van der Waals surface area contributed by atoms with Crippen molar-refractivity contribution < 1.29 is 14.3 Å². The molecule has 0 bridgehead atoms. The molecule has 1 heterocycles. The highest BCUT2D eigenvalue weighted by Gasteiger charge is 2.08. The molecular formula is C22H24N4O3. The predicted molar refractivity (Wildman–Crippen MR) is 111 cm³/mol. The van der Waals surface area contributed by atoms with E-state index in [2.05, 4.69) is 20.6 Å². The van der Waals surface area contributed by atoms with Gasteiger partial charge in [0.15, 0.2) is 0 Å². The number of methoxy groups -OCH3 is 1. The SMILES string of the molecule is COc1ccc(OCCNc2cnc(C(=O)NCc3cccc(C)c3)cn2)cc1. The summed E-state index contributed by atoms with van der Waals surface area (Å²) >= 11 is 0. The van der Waals surface area contributed by atoms with Gasteiger partial charge in [0.05, 0.1) is 26.0 Å². The zero-order valence-electron chi connectivity index (χ0n) is 16.5. The number of rotatable bonds is 9. The van der Waals surface area contributed by atoms with Gasteiger partial charge in [-0.25, -0.2) is 9.97 Å². The number of aryl methyl sites for hydroxylation is 1. The number of carbonyl (C=O) groups is 1. The standard InChI is InChI=1S/C22H24N4O3/c1-16-4-3-5-17(12-16)13-26-22(27)20-14-25-21(15-24-20)23-10-11-29-19-8-6-18(28-2)7-9-19/h3-9,12,14-15H,10-11,13H2,1-2H3,(H,23,25)(H,26,27). The molecule has 0 aliphatic heterocycles. The minimum Gasteiger partial charge on any atom is -0.497 e. The highest BCUT2D eigenvalue weighted by atomic mass is 16.5. The molecule has 0 unspecified atom stereocenters. The van der Waals surface area contributed by atoms with Gasteiger partial charge in [-0.05, 0) is 36.8 Å². The van der Waals surface area contributed by atoms with Gasteiger partial charge in [-0.2, -0.15) is 0 Å². The molecule has 2 aromatic carbocycles. The van der Waals surface area contributed by atoms with E-state index in [1.54, 1.807) is 7.11 Å². The summed E-state index contributed by atoms with van der Waals surface area (Å²) in [5.41, 5.74) is 2.47. The minimum atomic E-state index is -0.256. The fourth-order valence-corrected chi connectivity index (χ4v) is 2.65. The molecule has 0 saturated heterocycles. The number of amides is 1. The first-order valence-electron chi connectivity index (χ1n) is 9.30. The highest BCUT2D eigenvalue weighted by molar-refractivity contribution is 5.91. The van der Waals surface area contributed by atoms with E-state index in [4.69, 9.17) is 9.47 Å². The number of aromatic nitrogens is 2. The fourth-order valence-electron chi connectivity index (χ4n) is 2.65. The van der Waals surface area contributed by atoms with E-state index < -0.39 is 0 Å². The molecule has 29 heavy (non-hydrogen) atoms. The van der Waals surface area contributed by atoms with Crippen molar-refractivity contribution >= 4 is 11.7 Å². The molecule has 7 heteroatoms. The predicted octanol–water partition coefficient (Wildman–Crippen LogP) is 3.21. The third-order valence-corrected chi connectivity index (χ3v) is 4.16. The number of hydrogen-bond acceptors (Lipinski definition) is 6. The van der Waals surface area contributed by atoms with E-state index >= 15 is 0 Å². The molecule has 0 aliphatic carbocycles. The average molecular weight is 392 g/mol. The Bertz CT molecular complexity index is 928. The van der Waals surface area contributed by atoms with E-state index in [1.165, 1.54) is 12.4 Å². The Morgan fingerprint density at radius 2 is 1.83 bits per heavy atom. The summed E-state index contributed by atoms with van der Waals surface area (Å²) in [6.07, 6.45) is 2.99. The lowest BCUT2D eigenvalue weighted by atomic mass is 10.1. The third-order valence-electron chi connectivity index (χ3n) is 4.16. The van der Waals surface area contributed by atoms with Crippen molar-refractivity contribution in [2.45, 2.75) is 13.5 Å². The lowest BCUT2D eigenvalue weighted by Gasteiger charge is -2.09. The smallest absolute Gasteiger partial charge is 0.271 e. The van der Waals surface area contributed by atoms with Crippen molar-refractivity contribution in [1.82, 2.24) is 15.3 Å². The maximum absolute atomic E-state index is 12.2. The summed E-state index contributed by atoms with van der Waals surface area (Å²) in [5.74, 6) is 1.88. The fraction of sp³-hybridized carbons (Fsp3) is 0.227. The van der Waals surface area contributed by atoms with Gasteiger partial charge in [0, 0.05) is 6.54 Å². The molecule has 2 N–H and O–H groups in total. The van der Waals surface area contributed by atoms with Gasteiger partial charge >= 0.3 is 0 Å². The molecule has 0 atom stereocenters. The number of ether oxygens (including phenoxy) is 2. The molecule has 1 amide bonds. The number of carbonyl (C=O) groups excluding carboxylic acids is 1. The van der Waals surface area contributed by atoms with E-state index in [9.17, 15) is 4.79 Å². The minimum absolute atomic E-state index is 0.256. The maximum atomic E-state index is 12.2. The first-order valence-corrected chi connectivity index (χ1v) is 9.30. The molecule has 0 fully saturated rings. The van der Waals surface area contributed by atoms with Gasteiger partial charge in [-0.1, -0.05) is 29.8 Å². The van der Waals surface area contributed by atoms with Crippen LogP contribution in [-0.4, -0.2) is 36.1 Å². The number of benzene rings is 2. The quantitative estimate of drug-likeness (QED) is 0.544. The van der Waals surface area contributed by atoms with Crippen LogP contribution < -0.4 is 20.1 Å². The topological polar surface area (TPSA) is 85.4 Å². The lowest BCUT2D eigenvalue weighted by molar-refractivity contribution is 0.0945. The monoisotopic (exact) mass is 392 g/mol. The Hall–Kier alpha value is -3.61. The third kappa shape index (κ3) is 6.21. The lowest BCUT2D eigenvalue weighted by Crippen LogP contribution is -2.24. The van der Waals surface area contributed by atoms with Crippen LogP contribution in [0.15, 0.2) is 60.9 Å². The van der Waals surface area contributed by atoms with Gasteiger partial charge in [-0.3, -0.25) is 4.79 Å². The Morgan fingerprint density at radius 1 is 1.03 bits per heavy atom. The van der Waals surface area contributed by atoms with Crippen molar-refractivity contribution in [2.75, 3.05) is 25.6 Å². The summed E-state index contributed by atoms with van der Waals surface area (Å²) in [6.45, 7) is 3.49. The van der Waals surface area contributed by atoms with Crippen molar-refractivity contribution in [3.05, 3.63) is 77.7 Å². The maximum Gasteiger partial charge on any atom is 0.271 e. The Kier molecular flexibility index (Phi) is 7.00. The molecule has 7 nitrogen and oxygen atoms in total. The summed E-state index contributed by atoms with van der Waals surface area (Å²) in [6, 6.07) is 15.4. The van der Waals surface area contributed by atoms with E-state index in [0.29, 0.717) is 25.5 Å². The Morgan fingerprint density at radius 3 is 2.52 bits per heavy atom. The van der Waals surface area contributed by atoms with Crippen LogP contribution >= 0.6 is 0 Å². The van der Waals surface area contributed by atoms with Crippen LogP contribution in [0, 0.1) is 6.92 Å². The van der Waals surface area contributed by atoms with E-state index in [1.807, 2.05) is 55.5 Å². The van der Waals surface area contributed by atoms with E-state index in [-0.39, 0.29) is 11.6 Å². The van der Waals surface area contributed by atoms with Crippen LogP contribution in [0.3, 0.4) is 0 Å². The van der Waals surface area contributed by atoms with Crippen molar-refractivity contribution in [2.24, 2.45) is 0 Å².